The second-order valence-electron chi connectivity index (χ2n) is 4.00. The molecule has 1 aromatic carbocycles. The van der Waals surface area contributed by atoms with E-state index in [4.69, 9.17) is 5.11 Å². The van der Waals surface area contributed by atoms with Crippen LogP contribution in [0.4, 0.5) is 14.5 Å². The van der Waals surface area contributed by atoms with Gasteiger partial charge in [0, 0.05) is 18.8 Å². The van der Waals surface area contributed by atoms with Gasteiger partial charge in [0.15, 0.2) is 0 Å². The van der Waals surface area contributed by atoms with E-state index in [-0.39, 0.29) is 12.5 Å². The summed E-state index contributed by atoms with van der Waals surface area (Å²) >= 11 is 0. The second-order valence-corrected chi connectivity index (χ2v) is 5.92. The topological polar surface area (TPSA) is 66.4 Å². The summed E-state index contributed by atoms with van der Waals surface area (Å²) < 4.78 is 46.8. The van der Waals surface area contributed by atoms with Crippen LogP contribution in [0.25, 0.3) is 0 Å². The first-order valence-corrected chi connectivity index (χ1v) is 6.89. The van der Waals surface area contributed by atoms with Gasteiger partial charge in [0.2, 0.25) is 9.84 Å². The summed E-state index contributed by atoms with van der Waals surface area (Å²) in [4.78, 5) is -0.404. The number of aliphatic hydroxyl groups is 1. The molecule has 0 aliphatic heterocycles. The van der Waals surface area contributed by atoms with E-state index in [1.165, 1.54) is 12.1 Å². The average molecular weight is 279 g/mol. The summed E-state index contributed by atoms with van der Waals surface area (Å²) in [5, 5.41) is 11.8. The average Bonchev–Trinajstić information content (AvgIpc) is 2.36. The first-order valence-electron chi connectivity index (χ1n) is 5.34. The molecule has 0 heterocycles. The minimum atomic E-state index is -4.53. The third-order valence-electron chi connectivity index (χ3n) is 2.38. The Bertz CT molecular complexity index is 474. The van der Waals surface area contributed by atoms with E-state index in [1.54, 1.807) is 0 Å². The molecule has 18 heavy (non-hydrogen) atoms. The maximum Gasteiger partial charge on any atom is 0.341 e. The van der Waals surface area contributed by atoms with Gasteiger partial charge in [-0.2, -0.15) is 8.78 Å². The lowest BCUT2D eigenvalue weighted by atomic mass is 10.2. The van der Waals surface area contributed by atoms with Gasteiger partial charge in [-0.3, -0.25) is 0 Å². The normalized spacial score (nSPS) is 13.6. The van der Waals surface area contributed by atoms with Crippen molar-refractivity contribution >= 4 is 15.5 Å². The van der Waals surface area contributed by atoms with Gasteiger partial charge in [0.05, 0.1) is 4.90 Å². The van der Waals surface area contributed by atoms with Crippen LogP contribution in [-0.4, -0.2) is 32.4 Å². The number of aliphatic hydroxyl groups excluding tert-OH is 1. The number of halogens is 2. The van der Waals surface area contributed by atoms with Crippen LogP contribution in [0.3, 0.4) is 0 Å². The molecule has 0 aliphatic carbocycles. The number of rotatable bonds is 6. The number of anilines is 1. The van der Waals surface area contributed by atoms with E-state index < -0.39 is 20.5 Å². The molecule has 0 radical (unpaired) electrons. The van der Waals surface area contributed by atoms with Crippen LogP contribution in [0.1, 0.15) is 6.92 Å². The summed E-state index contributed by atoms with van der Waals surface area (Å²) in [5.41, 5.74) is 0.614. The molecule has 0 saturated heterocycles. The number of sulfone groups is 1. The predicted molar refractivity (Wildman–Crippen MR) is 64.4 cm³/mol. The van der Waals surface area contributed by atoms with Gasteiger partial charge in [-0.1, -0.05) is 6.92 Å². The monoisotopic (exact) mass is 279 g/mol. The Morgan fingerprint density at radius 3 is 2.28 bits per heavy atom. The molecule has 0 aromatic heterocycles. The maximum absolute atomic E-state index is 12.3. The molecule has 1 unspecified atom stereocenters. The van der Waals surface area contributed by atoms with Crippen LogP contribution in [0.2, 0.25) is 0 Å². The van der Waals surface area contributed by atoms with Gasteiger partial charge in [0.1, 0.15) is 0 Å². The van der Waals surface area contributed by atoms with Gasteiger partial charge in [-0.25, -0.2) is 8.42 Å². The third-order valence-corrected chi connectivity index (χ3v) is 3.78. The molecule has 0 bridgehead atoms. The molecule has 7 heteroatoms. The molecule has 0 amide bonds. The number of hydrogen-bond donors (Lipinski definition) is 2. The summed E-state index contributed by atoms with van der Waals surface area (Å²) in [6.07, 6.45) is 0. The Morgan fingerprint density at radius 1 is 1.28 bits per heavy atom. The fourth-order valence-corrected chi connectivity index (χ4v) is 1.94. The van der Waals surface area contributed by atoms with E-state index >= 15 is 0 Å². The van der Waals surface area contributed by atoms with Crippen molar-refractivity contribution in [3.63, 3.8) is 0 Å². The van der Waals surface area contributed by atoms with Crippen LogP contribution in [-0.2, 0) is 9.84 Å². The summed E-state index contributed by atoms with van der Waals surface area (Å²) in [5.74, 6) is -3.36. The molecular formula is C11H15F2NO3S. The first kappa shape index (κ1) is 14.8. The molecule has 4 nitrogen and oxygen atoms in total. The number of hydrogen-bond acceptors (Lipinski definition) is 4. The highest BCUT2D eigenvalue weighted by Crippen LogP contribution is 2.20. The molecule has 1 rings (SSSR count). The van der Waals surface area contributed by atoms with Crippen LogP contribution < -0.4 is 5.32 Å². The van der Waals surface area contributed by atoms with Crippen LogP contribution in [0.5, 0.6) is 0 Å². The first-order chi connectivity index (χ1) is 8.37. The molecule has 1 atom stereocenters. The van der Waals surface area contributed by atoms with E-state index in [0.717, 1.165) is 12.1 Å². The Kier molecular flexibility index (Phi) is 5.03. The lowest BCUT2D eigenvalue weighted by Gasteiger charge is -2.11. The molecule has 2 N–H and O–H groups in total. The Hall–Kier alpha value is -1.21. The summed E-state index contributed by atoms with van der Waals surface area (Å²) in [7, 11) is -4.53. The van der Waals surface area contributed by atoms with Crippen molar-refractivity contribution in [2.75, 3.05) is 18.5 Å². The lowest BCUT2D eigenvalue weighted by Crippen LogP contribution is -2.15. The third kappa shape index (κ3) is 3.64. The number of benzene rings is 1. The molecule has 0 saturated carbocycles. The van der Waals surface area contributed by atoms with Crippen molar-refractivity contribution in [2.24, 2.45) is 5.92 Å². The maximum atomic E-state index is 12.3. The van der Waals surface area contributed by atoms with Crippen molar-refractivity contribution in [3.8, 4) is 0 Å². The quantitative estimate of drug-likeness (QED) is 0.832. The van der Waals surface area contributed by atoms with Gasteiger partial charge in [-0.15, -0.1) is 0 Å². The highest BCUT2D eigenvalue weighted by molar-refractivity contribution is 7.91. The Labute approximate surface area is 105 Å². The lowest BCUT2D eigenvalue weighted by molar-refractivity contribution is 0.234. The van der Waals surface area contributed by atoms with Crippen molar-refractivity contribution in [1.82, 2.24) is 0 Å². The zero-order valence-corrected chi connectivity index (χ0v) is 10.6. The van der Waals surface area contributed by atoms with Gasteiger partial charge < -0.3 is 10.4 Å². The largest absolute Gasteiger partial charge is 0.396 e. The second kappa shape index (κ2) is 6.10. The zero-order chi connectivity index (χ0) is 13.8. The van der Waals surface area contributed by atoms with Crippen molar-refractivity contribution in [1.29, 1.82) is 0 Å². The van der Waals surface area contributed by atoms with Crippen molar-refractivity contribution in [2.45, 2.75) is 17.6 Å². The minimum absolute atomic E-state index is 0.0326. The SMILES string of the molecule is CC(CO)CNc1ccc(S(=O)(=O)C(F)F)cc1. The fraction of sp³-hybridized carbons (Fsp3) is 0.455. The standard InChI is InChI=1S/C11H15F2NO3S/c1-8(7-15)6-14-9-2-4-10(5-3-9)18(16,17)11(12)13/h2-5,8,11,14-15H,6-7H2,1H3. The van der Waals surface area contributed by atoms with Crippen LogP contribution in [0.15, 0.2) is 29.2 Å². The molecule has 1 aromatic rings. The zero-order valence-electron chi connectivity index (χ0n) is 9.81. The van der Waals surface area contributed by atoms with E-state index in [9.17, 15) is 17.2 Å². The molecule has 102 valence electrons. The van der Waals surface area contributed by atoms with E-state index in [2.05, 4.69) is 5.32 Å². The van der Waals surface area contributed by atoms with E-state index in [1.807, 2.05) is 6.92 Å². The summed E-state index contributed by atoms with van der Waals surface area (Å²) in [6.45, 7) is 2.38. The van der Waals surface area contributed by atoms with Crippen LogP contribution >= 0.6 is 0 Å². The highest BCUT2D eigenvalue weighted by atomic mass is 32.2. The Morgan fingerprint density at radius 2 is 1.83 bits per heavy atom. The predicted octanol–water partition coefficient (Wildman–Crippen LogP) is 1.72. The van der Waals surface area contributed by atoms with Crippen LogP contribution in [0, 0.1) is 5.92 Å². The smallest absolute Gasteiger partial charge is 0.341 e. The van der Waals surface area contributed by atoms with E-state index in [0.29, 0.717) is 12.2 Å². The fourth-order valence-electron chi connectivity index (χ4n) is 1.22. The molecule has 0 spiro atoms. The molecule has 0 fully saturated rings. The van der Waals surface area contributed by atoms with Crippen molar-refractivity contribution < 1.29 is 22.3 Å². The summed E-state index contributed by atoms with van der Waals surface area (Å²) in [6, 6.07) is 5.10. The minimum Gasteiger partial charge on any atom is -0.396 e. The molecular weight excluding hydrogens is 264 g/mol. The van der Waals surface area contributed by atoms with Crippen molar-refractivity contribution in [3.05, 3.63) is 24.3 Å². The number of alkyl halides is 2. The Balaban J connectivity index is 2.75. The van der Waals surface area contributed by atoms with Gasteiger partial charge >= 0.3 is 5.76 Å². The molecule has 0 aliphatic rings. The highest BCUT2D eigenvalue weighted by Gasteiger charge is 2.26. The van der Waals surface area contributed by atoms with Gasteiger partial charge in [0.25, 0.3) is 0 Å². The number of nitrogens with one attached hydrogen (secondary N) is 1. The van der Waals surface area contributed by atoms with Gasteiger partial charge in [-0.05, 0) is 30.2 Å².